The van der Waals surface area contributed by atoms with Crippen molar-refractivity contribution in [2.45, 2.75) is 25.9 Å². The van der Waals surface area contributed by atoms with Gasteiger partial charge in [0.05, 0.1) is 18.3 Å². The van der Waals surface area contributed by atoms with Gasteiger partial charge in [-0.05, 0) is 19.8 Å². The average molecular weight is 156 g/mol. The van der Waals surface area contributed by atoms with Crippen molar-refractivity contribution in [2.75, 3.05) is 6.61 Å². The molecule has 1 atom stereocenters. The third-order valence-electron chi connectivity index (χ3n) is 1.67. The summed E-state index contributed by atoms with van der Waals surface area (Å²) >= 11 is 0. The maximum Gasteiger partial charge on any atom is 0.336 e. The molecule has 0 unspecified atom stereocenters. The van der Waals surface area contributed by atoms with Crippen LogP contribution < -0.4 is 0 Å². The Labute approximate surface area is 65.7 Å². The van der Waals surface area contributed by atoms with Crippen molar-refractivity contribution in [1.29, 1.82) is 0 Å². The van der Waals surface area contributed by atoms with Crippen molar-refractivity contribution in [3.63, 3.8) is 0 Å². The Bertz CT molecular complexity index is 184. The lowest BCUT2D eigenvalue weighted by Crippen LogP contribution is -2.16. The van der Waals surface area contributed by atoms with Gasteiger partial charge in [0.2, 0.25) is 0 Å². The van der Waals surface area contributed by atoms with Gasteiger partial charge in [-0.3, -0.25) is 0 Å². The lowest BCUT2D eigenvalue weighted by molar-refractivity contribution is -0.139. The molecule has 0 aromatic heterocycles. The van der Waals surface area contributed by atoms with E-state index in [1.54, 1.807) is 13.0 Å². The van der Waals surface area contributed by atoms with Crippen LogP contribution in [-0.4, -0.2) is 23.8 Å². The van der Waals surface area contributed by atoms with Crippen LogP contribution in [0.4, 0.5) is 0 Å². The Kier molecular flexibility index (Phi) is 2.65. The molecule has 3 nitrogen and oxygen atoms in total. The van der Waals surface area contributed by atoms with Crippen molar-refractivity contribution < 1.29 is 14.6 Å². The Morgan fingerprint density at radius 3 is 3.09 bits per heavy atom. The van der Waals surface area contributed by atoms with Crippen LogP contribution in [0.1, 0.15) is 19.8 Å². The number of hydrogen-bond donors (Lipinski definition) is 1. The van der Waals surface area contributed by atoms with Crippen molar-refractivity contribution in [2.24, 2.45) is 0 Å². The second-order valence-corrected chi connectivity index (χ2v) is 2.47. The molecule has 3 heteroatoms. The molecule has 0 saturated carbocycles. The van der Waals surface area contributed by atoms with Crippen molar-refractivity contribution in [1.82, 2.24) is 0 Å². The van der Waals surface area contributed by atoms with Gasteiger partial charge in [-0.15, -0.1) is 0 Å². The third-order valence-corrected chi connectivity index (χ3v) is 1.67. The molecule has 0 bridgehead atoms. The van der Waals surface area contributed by atoms with Gasteiger partial charge < -0.3 is 9.84 Å². The van der Waals surface area contributed by atoms with E-state index in [0.717, 1.165) is 6.42 Å². The van der Waals surface area contributed by atoms with Crippen LogP contribution in [0.3, 0.4) is 0 Å². The minimum Gasteiger partial charge on any atom is -0.463 e. The van der Waals surface area contributed by atoms with Gasteiger partial charge in [-0.25, -0.2) is 4.79 Å². The molecule has 0 heterocycles. The molecule has 1 N–H and O–H groups in total. The minimum absolute atomic E-state index is 0.364. The van der Waals surface area contributed by atoms with Crippen LogP contribution in [0.5, 0.6) is 0 Å². The number of carbonyl (C=O) groups is 1. The molecule has 11 heavy (non-hydrogen) atoms. The summed E-state index contributed by atoms with van der Waals surface area (Å²) < 4.78 is 4.73. The van der Waals surface area contributed by atoms with Crippen molar-refractivity contribution >= 4 is 5.97 Å². The summed E-state index contributed by atoms with van der Waals surface area (Å²) in [5.41, 5.74) is 0.423. The Morgan fingerprint density at radius 1 is 1.91 bits per heavy atom. The molecule has 62 valence electrons. The molecule has 0 aromatic carbocycles. The second-order valence-electron chi connectivity index (χ2n) is 2.47. The highest BCUT2D eigenvalue weighted by Gasteiger charge is 2.23. The van der Waals surface area contributed by atoms with E-state index in [9.17, 15) is 9.90 Å². The topological polar surface area (TPSA) is 46.5 Å². The number of carbonyl (C=O) groups excluding carboxylic acids is 1. The maximum atomic E-state index is 11.0. The first-order valence-electron chi connectivity index (χ1n) is 3.81. The van der Waals surface area contributed by atoms with E-state index in [-0.39, 0.29) is 5.97 Å². The number of esters is 1. The van der Waals surface area contributed by atoms with E-state index in [1.807, 2.05) is 0 Å². The van der Waals surface area contributed by atoms with Crippen molar-refractivity contribution in [3.05, 3.63) is 11.6 Å². The third kappa shape index (κ3) is 1.80. The molecule has 0 aromatic rings. The van der Waals surface area contributed by atoms with Crippen LogP contribution in [0, 0.1) is 0 Å². The minimum atomic E-state index is -0.603. The first-order valence-corrected chi connectivity index (χ1v) is 3.81. The number of hydrogen-bond acceptors (Lipinski definition) is 3. The summed E-state index contributed by atoms with van der Waals surface area (Å²) in [5.74, 6) is -0.377. The van der Waals surface area contributed by atoms with Gasteiger partial charge >= 0.3 is 5.97 Å². The monoisotopic (exact) mass is 156 g/mol. The maximum absolute atomic E-state index is 11.0. The van der Waals surface area contributed by atoms with Gasteiger partial charge in [0.15, 0.2) is 0 Å². The Morgan fingerprint density at radius 2 is 2.64 bits per heavy atom. The summed E-state index contributed by atoms with van der Waals surface area (Å²) in [6, 6.07) is 0. The fraction of sp³-hybridized carbons (Fsp3) is 0.625. The average Bonchev–Trinajstić information content (AvgIpc) is 2.36. The molecule has 1 aliphatic carbocycles. The number of ether oxygens (including phenoxy) is 1. The largest absolute Gasteiger partial charge is 0.463 e. The van der Waals surface area contributed by atoms with E-state index in [2.05, 4.69) is 0 Å². The first-order chi connectivity index (χ1) is 5.25. The standard InChI is InChI=1S/C8H12O3/c1-2-11-8(10)6-4-3-5-7(6)9/h4,7,9H,2-3,5H2,1H3/t7-/m1/s1. The van der Waals surface area contributed by atoms with Gasteiger partial charge in [0.25, 0.3) is 0 Å². The molecular formula is C8H12O3. The zero-order chi connectivity index (χ0) is 8.27. The number of allylic oxidation sites excluding steroid dienone is 1. The van der Waals surface area contributed by atoms with Crippen LogP contribution in [0.15, 0.2) is 11.6 Å². The summed E-state index contributed by atoms with van der Waals surface area (Å²) in [6.07, 6.45) is 2.56. The zero-order valence-corrected chi connectivity index (χ0v) is 6.54. The molecule has 0 amide bonds. The van der Waals surface area contributed by atoms with E-state index in [0.29, 0.717) is 18.6 Å². The second kappa shape index (κ2) is 3.53. The summed E-state index contributed by atoms with van der Waals surface area (Å²) in [4.78, 5) is 11.0. The molecule has 1 aliphatic rings. The van der Waals surface area contributed by atoms with Crippen LogP contribution in [-0.2, 0) is 9.53 Å². The highest BCUT2D eigenvalue weighted by molar-refractivity contribution is 5.90. The van der Waals surface area contributed by atoms with E-state index in [1.165, 1.54) is 0 Å². The summed E-state index contributed by atoms with van der Waals surface area (Å²) in [6.45, 7) is 2.11. The summed E-state index contributed by atoms with van der Waals surface area (Å²) in [7, 11) is 0. The van der Waals surface area contributed by atoms with Gasteiger partial charge in [-0.2, -0.15) is 0 Å². The molecular weight excluding hydrogens is 144 g/mol. The molecule has 0 aliphatic heterocycles. The van der Waals surface area contributed by atoms with E-state index >= 15 is 0 Å². The number of rotatable bonds is 2. The normalized spacial score (nSPS) is 23.1. The quantitative estimate of drug-likeness (QED) is 0.596. The Balaban J connectivity index is 2.52. The van der Waals surface area contributed by atoms with Gasteiger partial charge in [0.1, 0.15) is 0 Å². The number of aliphatic hydroxyl groups excluding tert-OH is 1. The smallest absolute Gasteiger partial charge is 0.336 e. The molecule has 0 spiro atoms. The van der Waals surface area contributed by atoms with Crippen LogP contribution in [0.25, 0.3) is 0 Å². The van der Waals surface area contributed by atoms with Crippen LogP contribution >= 0.6 is 0 Å². The van der Waals surface area contributed by atoms with E-state index in [4.69, 9.17) is 4.74 Å². The van der Waals surface area contributed by atoms with Gasteiger partial charge in [-0.1, -0.05) is 6.08 Å². The molecule has 0 radical (unpaired) electrons. The number of aliphatic hydroxyl groups is 1. The Hall–Kier alpha value is -0.830. The molecule has 0 saturated heterocycles. The zero-order valence-electron chi connectivity index (χ0n) is 6.54. The SMILES string of the molecule is CCOC(=O)C1=CCC[C@H]1O. The molecule has 1 rings (SSSR count). The fourth-order valence-electron chi connectivity index (χ4n) is 1.12. The van der Waals surface area contributed by atoms with Gasteiger partial charge in [0, 0.05) is 0 Å². The predicted molar refractivity (Wildman–Crippen MR) is 40.0 cm³/mol. The predicted octanol–water partition coefficient (Wildman–Crippen LogP) is 0.631. The summed E-state index contributed by atoms with van der Waals surface area (Å²) in [5, 5.41) is 9.22. The fourth-order valence-corrected chi connectivity index (χ4v) is 1.12. The molecule has 0 fully saturated rings. The highest BCUT2D eigenvalue weighted by atomic mass is 16.5. The first kappa shape index (κ1) is 8.27. The van der Waals surface area contributed by atoms with E-state index < -0.39 is 6.10 Å². The van der Waals surface area contributed by atoms with Crippen LogP contribution in [0.2, 0.25) is 0 Å². The van der Waals surface area contributed by atoms with Crippen molar-refractivity contribution in [3.8, 4) is 0 Å². The lowest BCUT2D eigenvalue weighted by atomic mass is 10.2. The highest BCUT2D eigenvalue weighted by Crippen LogP contribution is 2.19. The lowest BCUT2D eigenvalue weighted by Gasteiger charge is -2.06.